The van der Waals surface area contributed by atoms with E-state index in [1.807, 2.05) is 61.5 Å². The van der Waals surface area contributed by atoms with Crippen LogP contribution >= 0.6 is 11.8 Å². The Morgan fingerprint density at radius 3 is 2.83 bits per heavy atom. The minimum atomic E-state index is -0.230. The molecule has 24 heavy (non-hydrogen) atoms. The molecule has 124 valence electrons. The van der Waals surface area contributed by atoms with Crippen molar-refractivity contribution < 1.29 is 9.53 Å². The first-order chi connectivity index (χ1) is 11.7. The van der Waals surface area contributed by atoms with Gasteiger partial charge in [0.1, 0.15) is 12.4 Å². The van der Waals surface area contributed by atoms with Crippen molar-refractivity contribution in [1.82, 2.24) is 5.43 Å². The predicted molar refractivity (Wildman–Crippen MR) is 99.6 cm³/mol. The SMILES string of the molecule is C=CCOc1cccc(/C=N\NC(=O)[C@H](C)Sc2ccccc2)c1. The molecule has 0 aliphatic rings. The average Bonchev–Trinajstić information content (AvgIpc) is 2.61. The molecule has 0 aliphatic carbocycles. The van der Waals surface area contributed by atoms with Crippen molar-refractivity contribution in [2.45, 2.75) is 17.1 Å². The number of nitrogens with zero attached hydrogens (tertiary/aromatic N) is 1. The number of nitrogens with one attached hydrogen (secondary N) is 1. The number of benzene rings is 2. The van der Waals surface area contributed by atoms with E-state index < -0.39 is 0 Å². The van der Waals surface area contributed by atoms with Gasteiger partial charge in [-0.05, 0) is 36.8 Å². The van der Waals surface area contributed by atoms with Gasteiger partial charge in [0.2, 0.25) is 0 Å². The molecule has 4 nitrogen and oxygen atoms in total. The van der Waals surface area contributed by atoms with Crippen LogP contribution in [0.1, 0.15) is 12.5 Å². The lowest BCUT2D eigenvalue weighted by Gasteiger charge is -2.09. The molecule has 0 unspecified atom stereocenters. The highest BCUT2D eigenvalue weighted by atomic mass is 32.2. The summed E-state index contributed by atoms with van der Waals surface area (Å²) in [7, 11) is 0. The summed E-state index contributed by atoms with van der Waals surface area (Å²) in [5.41, 5.74) is 3.41. The quantitative estimate of drug-likeness (QED) is 0.343. The van der Waals surface area contributed by atoms with Gasteiger partial charge in [0.15, 0.2) is 0 Å². The molecule has 0 saturated heterocycles. The van der Waals surface area contributed by atoms with E-state index in [4.69, 9.17) is 4.74 Å². The molecule has 0 spiro atoms. The van der Waals surface area contributed by atoms with E-state index in [1.165, 1.54) is 11.8 Å². The summed E-state index contributed by atoms with van der Waals surface area (Å²) in [5, 5.41) is 3.78. The Hall–Kier alpha value is -2.53. The maximum atomic E-state index is 12.1. The van der Waals surface area contributed by atoms with Gasteiger partial charge in [-0.1, -0.05) is 43.0 Å². The fraction of sp³-hybridized carbons (Fsp3) is 0.158. The van der Waals surface area contributed by atoms with E-state index in [0.29, 0.717) is 6.61 Å². The van der Waals surface area contributed by atoms with Crippen molar-refractivity contribution in [3.63, 3.8) is 0 Å². The lowest BCUT2D eigenvalue weighted by atomic mass is 10.2. The minimum absolute atomic E-state index is 0.140. The van der Waals surface area contributed by atoms with Gasteiger partial charge in [0, 0.05) is 4.90 Å². The average molecular weight is 340 g/mol. The van der Waals surface area contributed by atoms with E-state index in [0.717, 1.165) is 16.2 Å². The van der Waals surface area contributed by atoms with Crippen LogP contribution in [0.2, 0.25) is 0 Å². The maximum absolute atomic E-state index is 12.1. The molecule has 0 aliphatic heterocycles. The highest BCUT2D eigenvalue weighted by Crippen LogP contribution is 2.22. The van der Waals surface area contributed by atoms with Crippen LogP contribution in [0.5, 0.6) is 5.75 Å². The molecule has 2 rings (SSSR count). The highest BCUT2D eigenvalue weighted by Gasteiger charge is 2.13. The molecule has 0 bridgehead atoms. The molecule has 1 amide bonds. The van der Waals surface area contributed by atoms with E-state index in [2.05, 4.69) is 17.1 Å². The van der Waals surface area contributed by atoms with Crippen molar-refractivity contribution in [2.24, 2.45) is 5.10 Å². The number of carbonyl (C=O) groups is 1. The molecule has 0 saturated carbocycles. The van der Waals surface area contributed by atoms with Gasteiger partial charge < -0.3 is 4.74 Å². The summed E-state index contributed by atoms with van der Waals surface area (Å²) < 4.78 is 5.46. The molecule has 2 aromatic carbocycles. The number of hydrogen-bond acceptors (Lipinski definition) is 4. The number of amides is 1. The molecule has 5 heteroatoms. The van der Waals surface area contributed by atoms with Crippen molar-refractivity contribution in [2.75, 3.05) is 6.61 Å². The normalized spacial score (nSPS) is 11.9. The molecule has 1 N–H and O–H groups in total. The molecular weight excluding hydrogens is 320 g/mol. The summed E-state index contributed by atoms with van der Waals surface area (Å²) in [4.78, 5) is 13.1. The van der Waals surface area contributed by atoms with Crippen LogP contribution in [0.25, 0.3) is 0 Å². The summed E-state index contributed by atoms with van der Waals surface area (Å²) >= 11 is 1.49. The van der Waals surface area contributed by atoms with Gasteiger partial charge in [-0.25, -0.2) is 5.43 Å². The second-order valence-corrected chi connectivity index (χ2v) is 6.39. The number of hydrogen-bond donors (Lipinski definition) is 1. The minimum Gasteiger partial charge on any atom is -0.490 e. The maximum Gasteiger partial charge on any atom is 0.253 e. The second kappa shape index (κ2) is 9.57. The standard InChI is InChI=1S/C19H20N2O2S/c1-3-12-23-17-9-7-8-16(13-17)14-20-21-19(22)15(2)24-18-10-5-4-6-11-18/h3-11,13-15H,1,12H2,2H3,(H,21,22)/b20-14-/t15-/m0/s1. The van der Waals surface area contributed by atoms with E-state index in [9.17, 15) is 4.79 Å². The Bertz CT molecular complexity index is 702. The van der Waals surface area contributed by atoms with Crippen LogP contribution in [-0.4, -0.2) is 24.0 Å². The molecule has 0 heterocycles. The van der Waals surface area contributed by atoms with Crippen molar-refractivity contribution in [1.29, 1.82) is 0 Å². The Morgan fingerprint density at radius 1 is 1.29 bits per heavy atom. The van der Waals surface area contributed by atoms with Crippen LogP contribution in [0.4, 0.5) is 0 Å². The zero-order chi connectivity index (χ0) is 17.2. The predicted octanol–water partition coefficient (Wildman–Crippen LogP) is 3.88. The van der Waals surface area contributed by atoms with Gasteiger partial charge in [0.25, 0.3) is 5.91 Å². The first-order valence-corrected chi connectivity index (χ1v) is 8.45. The Morgan fingerprint density at radius 2 is 2.08 bits per heavy atom. The lowest BCUT2D eigenvalue weighted by Crippen LogP contribution is -2.26. The van der Waals surface area contributed by atoms with E-state index in [1.54, 1.807) is 12.3 Å². The Labute approximate surface area is 146 Å². The smallest absolute Gasteiger partial charge is 0.253 e. The van der Waals surface area contributed by atoms with E-state index >= 15 is 0 Å². The van der Waals surface area contributed by atoms with Gasteiger partial charge in [-0.2, -0.15) is 5.10 Å². The fourth-order valence-electron chi connectivity index (χ4n) is 1.86. The van der Waals surface area contributed by atoms with Gasteiger partial charge >= 0.3 is 0 Å². The van der Waals surface area contributed by atoms with Crippen LogP contribution in [0.3, 0.4) is 0 Å². The van der Waals surface area contributed by atoms with Crippen molar-refractivity contribution in [3.8, 4) is 5.75 Å². The van der Waals surface area contributed by atoms with Crippen LogP contribution in [-0.2, 0) is 4.79 Å². The zero-order valence-corrected chi connectivity index (χ0v) is 14.3. The summed E-state index contributed by atoms with van der Waals surface area (Å²) in [6.45, 7) is 5.92. The van der Waals surface area contributed by atoms with Gasteiger partial charge in [0.05, 0.1) is 11.5 Å². The van der Waals surface area contributed by atoms with Crippen molar-refractivity contribution >= 4 is 23.9 Å². The zero-order valence-electron chi connectivity index (χ0n) is 13.5. The molecule has 0 radical (unpaired) electrons. The third-order valence-electron chi connectivity index (χ3n) is 3.04. The van der Waals surface area contributed by atoms with Crippen molar-refractivity contribution in [3.05, 3.63) is 72.8 Å². The van der Waals surface area contributed by atoms with Crippen LogP contribution in [0, 0.1) is 0 Å². The summed E-state index contributed by atoms with van der Waals surface area (Å²) in [6.07, 6.45) is 3.28. The third-order valence-corrected chi connectivity index (χ3v) is 4.15. The van der Waals surface area contributed by atoms with Gasteiger partial charge in [-0.15, -0.1) is 11.8 Å². The number of hydrazone groups is 1. The highest BCUT2D eigenvalue weighted by molar-refractivity contribution is 8.00. The lowest BCUT2D eigenvalue weighted by molar-refractivity contribution is -0.120. The number of thioether (sulfide) groups is 1. The first-order valence-electron chi connectivity index (χ1n) is 7.57. The Kier molecular flexibility index (Phi) is 7.11. The molecule has 0 fully saturated rings. The van der Waals surface area contributed by atoms with E-state index in [-0.39, 0.29) is 11.2 Å². The van der Waals surface area contributed by atoms with Crippen LogP contribution < -0.4 is 10.2 Å². The van der Waals surface area contributed by atoms with Crippen LogP contribution in [0.15, 0.2) is 77.2 Å². The largest absolute Gasteiger partial charge is 0.490 e. The first kappa shape index (κ1) is 17.8. The molecule has 0 aromatic heterocycles. The second-order valence-electron chi connectivity index (χ2n) is 4.98. The molecule has 2 aromatic rings. The molecular formula is C19H20N2O2S. The number of carbonyl (C=O) groups excluding carboxylic acids is 1. The summed E-state index contributed by atoms with van der Waals surface area (Å²) in [5.74, 6) is 0.595. The fourth-order valence-corrected chi connectivity index (χ4v) is 2.74. The monoisotopic (exact) mass is 340 g/mol. The number of ether oxygens (including phenoxy) is 1. The number of rotatable bonds is 8. The Balaban J connectivity index is 1.86. The topological polar surface area (TPSA) is 50.7 Å². The van der Waals surface area contributed by atoms with Gasteiger partial charge in [-0.3, -0.25) is 4.79 Å². The third kappa shape index (κ3) is 5.93. The molecule has 1 atom stereocenters. The summed E-state index contributed by atoms with van der Waals surface area (Å²) in [6, 6.07) is 17.3.